The number of rotatable bonds is 5. The lowest BCUT2D eigenvalue weighted by molar-refractivity contribution is 0.272. The highest BCUT2D eigenvalue weighted by Gasteiger charge is 2.13. The van der Waals surface area contributed by atoms with Gasteiger partial charge < -0.3 is 13.9 Å². The summed E-state index contributed by atoms with van der Waals surface area (Å²) >= 11 is 0. The van der Waals surface area contributed by atoms with Gasteiger partial charge in [-0.15, -0.1) is 0 Å². The van der Waals surface area contributed by atoms with E-state index in [2.05, 4.69) is 9.97 Å². The zero-order valence-electron chi connectivity index (χ0n) is 13.3. The Balaban J connectivity index is 1.96. The van der Waals surface area contributed by atoms with Crippen molar-refractivity contribution in [2.75, 3.05) is 7.11 Å². The van der Waals surface area contributed by atoms with E-state index in [-0.39, 0.29) is 23.7 Å². The summed E-state index contributed by atoms with van der Waals surface area (Å²) in [7, 11) is 1.57. The van der Waals surface area contributed by atoms with Crippen LogP contribution in [0.3, 0.4) is 0 Å². The Morgan fingerprint density at radius 2 is 2.00 bits per heavy atom. The normalized spacial score (nSPS) is 10.8. The smallest absolute Gasteiger partial charge is 0.337 e. The van der Waals surface area contributed by atoms with E-state index in [9.17, 15) is 9.59 Å². The average Bonchev–Trinajstić information content (AvgIpc) is 2.59. The van der Waals surface area contributed by atoms with Crippen molar-refractivity contribution in [1.29, 1.82) is 0 Å². The fraction of sp³-hybridized carbons (Fsp3) is 0.235. The van der Waals surface area contributed by atoms with Crippen LogP contribution in [-0.4, -0.2) is 17.1 Å². The Kier molecular flexibility index (Phi) is 4.33. The van der Waals surface area contributed by atoms with E-state index < -0.39 is 11.2 Å². The molecular weight excluding hydrogens is 312 g/mol. The largest absolute Gasteiger partial charge is 0.496 e. The van der Waals surface area contributed by atoms with Crippen LogP contribution in [0, 0.1) is 0 Å². The quantitative estimate of drug-likeness (QED) is 0.770. The molecule has 0 aliphatic carbocycles. The number of para-hydroxylation sites is 1. The zero-order valence-corrected chi connectivity index (χ0v) is 13.3. The lowest BCUT2D eigenvalue weighted by Crippen LogP contribution is -2.15. The molecule has 7 heteroatoms. The molecule has 2 aromatic heterocycles. The first-order chi connectivity index (χ1) is 11.6. The molecule has 3 aromatic rings. The third-order valence-corrected chi connectivity index (χ3v) is 3.61. The molecule has 1 N–H and O–H groups in total. The van der Waals surface area contributed by atoms with Gasteiger partial charge in [-0.2, -0.15) is 4.98 Å². The summed E-state index contributed by atoms with van der Waals surface area (Å²) in [6.45, 7) is 2.00. The Bertz CT molecular complexity index is 990. The van der Waals surface area contributed by atoms with Gasteiger partial charge >= 0.3 is 5.63 Å². The molecule has 0 saturated carbocycles. The van der Waals surface area contributed by atoms with Crippen LogP contribution < -0.4 is 20.7 Å². The van der Waals surface area contributed by atoms with E-state index in [0.717, 1.165) is 5.56 Å². The molecule has 124 valence electrons. The maximum Gasteiger partial charge on any atom is 0.337 e. The summed E-state index contributed by atoms with van der Waals surface area (Å²) in [5, 5.41) is 0.266. The van der Waals surface area contributed by atoms with Crippen LogP contribution in [0.4, 0.5) is 0 Å². The minimum atomic E-state index is -0.548. The van der Waals surface area contributed by atoms with Gasteiger partial charge in [0.2, 0.25) is 5.71 Å². The van der Waals surface area contributed by atoms with Gasteiger partial charge in [0.1, 0.15) is 17.7 Å². The van der Waals surface area contributed by atoms with Crippen LogP contribution in [0.1, 0.15) is 18.1 Å². The SMILES string of the molecule is CCc1cc(=O)oc2nc(OCc3ccccc3OC)[nH]c(=O)c12. The fourth-order valence-electron chi connectivity index (χ4n) is 2.44. The van der Waals surface area contributed by atoms with Gasteiger partial charge in [-0.25, -0.2) is 4.79 Å². The van der Waals surface area contributed by atoms with E-state index in [1.54, 1.807) is 7.11 Å². The topological polar surface area (TPSA) is 94.4 Å². The predicted molar refractivity (Wildman–Crippen MR) is 87.6 cm³/mol. The molecule has 1 aromatic carbocycles. The second-order valence-electron chi connectivity index (χ2n) is 5.10. The van der Waals surface area contributed by atoms with E-state index in [1.165, 1.54) is 6.07 Å². The van der Waals surface area contributed by atoms with Crippen LogP contribution in [0.25, 0.3) is 11.1 Å². The molecule has 0 saturated heterocycles. The lowest BCUT2D eigenvalue weighted by Gasteiger charge is -2.09. The molecule has 0 atom stereocenters. The number of nitrogens with one attached hydrogen (secondary N) is 1. The van der Waals surface area contributed by atoms with Crippen LogP contribution in [0.15, 0.2) is 44.3 Å². The van der Waals surface area contributed by atoms with E-state index >= 15 is 0 Å². The number of benzene rings is 1. The molecule has 7 nitrogen and oxygen atoms in total. The van der Waals surface area contributed by atoms with Crippen molar-refractivity contribution in [1.82, 2.24) is 9.97 Å². The molecule has 0 unspecified atom stereocenters. The second kappa shape index (κ2) is 6.57. The summed E-state index contributed by atoms with van der Waals surface area (Å²) < 4.78 is 15.8. The number of H-pyrrole nitrogens is 1. The Hall–Kier alpha value is -3.09. The van der Waals surface area contributed by atoms with Gasteiger partial charge in [0.15, 0.2) is 0 Å². The molecule has 0 aliphatic heterocycles. The monoisotopic (exact) mass is 328 g/mol. The number of aromatic nitrogens is 2. The highest BCUT2D eigenvalue weighted by atomic mass is 16.5. The highest BCUT2D eigenvalue weighted by Crippen LogP contribution is 2.19. The van der Waals surface area contributed by atoms with Gasteiger partial charge in [-0.1, -0.05) is 25.1 Å². The number of aromatic amines is 1. The first-order valence-electron chi connectivity index (χ1n) is 7.44. The first-order valence-corrected chi connectivity index (χ1v) is 7.44. The van der Waals surface area contributed by atoms with Gasteiger partial charge in [0.05, 0.1) is 7.11 Å². The molecule has 0 bridgehead atoms. The molecule has 0 amide bonds. The summed E-state index contributed by atoms with van der Waals surface area (Å²) in [5.41, 5.74) is 0.402. The number of methoxy groups -OCH3 is 1. The van der Waals surface area contributed by atoms with E-state index in [4.69, 9.17) is 13.9 Å². The Morgan fingerprint density at radius 1 is 1.21 bits per heavy atom. The number of fused-ring (bicyclic) bond motifs is 1. The number of hydrogen-bond acceptors (Lipinski definition) is 6. The molecule has 0 radical (unpaired) electrons. The number of aryl methyl sites for hydroxylation is 1. The number of ether oxygens (including phenoxy) is 2. The van der Waals surface area contributed by atoms with Crippen molar-refractivity contribution >= 4 is 11.1 Å². The molecule has 0 spiro atoms. The van der Waals surface area contributed by atoms with Crippen molar-refractivity contribution in [3.63, 3.8) is 0 Å². The van der Waals surface area contributed by atoms with E-state index in [0.29, 0.717) is 17.7 Å². The molecule has 3 rings (SSSR count). The molecule has 0 aliphatic rings. The predicted octanol–water partition coefficient (Wildman–Crippen LogP) is 2.03. The van der Waals surface area contributed by atoms with Crippen LogP contribution in [0.5, 0.6) is 11.8 Å². The third-order valence-electron chi connectivity index (χ3n) is 3.61. The Morgan fingerprint density at radius 3 is 2.75 bits per heavy atom. The summed E-state index contributed by atoms with van der Waals surface area (Å²) in [6, 6.07) is 8.63. The van der Waals surface area contributed by atoms with Gasteiger partial charge in [-0.05, 0) is 18.1 Å². The summed E-state index contributed by atoms with van der Waals surface area (Å²) in [5.74, 6) is 0.667. The number of nitrogens with zero attached hydrogens (tertiary/aromatic N) is 1. The number of hydrogen-bond donors (Lipinski definition) is 1. The molecular formula is C17H16N2O5. The summed E-state index contributed by atoms with van der Waals surface area (Å²) in [4.78, 5) is 30.5. The standard InChI is InChI=1S/C17H16N2O5/c1-3-10-8-13(20)24-16-14(10)15(21)18-17(19-16)23-9-11-6-4-5-7-12(11)22-2/h4-8H,3,9H2,1-2H3,(H,18,19,21). The van der Waals surface area contributed by atoms with Crippen molar-refractivity contribution in [2.45, 2.75) is 20.0 Å². The van der Waals surface area contributed by atoms with Crippen molar-refractivity contribution in [2.24, 2.45) is 0 Å². The van der Waals surface area contributed by atoms with Crippen LogP contribution >= 0.6 is 0 Å². The minimum Gasteiger partial charge on any atom is -0.496 e. The molecule has 2 heterocycles. The van der Waals surface area contributed by atoms with Crippen molar-refractivity contribution < 1.29 is 13.9 Å². The van der Waals surface area contributed by atoms with Crippen molar-refractivity contribution in [3.05, 3.63) is 62.2 Å². The van der Waals surface area contributed by atoms with Gasteiger partial charge in [-0.3, -0.25) is 9.78 Å². The van der Waals surface area contributed by atoms with Crippen LogP contribution in [0.2, 0.25) is 0 Å². The average molecular weight is 328 g/mol. The van der Waals surface area contributed by atoms with Crippen molar-refractivity contribution in [3.8, 4) is 11.8 Å². The minimum absolute atomic E-state index is 0.0187. The lowest BCUT2D eigenvalue weighted by atomic mass is 10.1. The van der Waals surface area contributed by atoms with Gasteiger partial charge in [0.25, 0.3) is 11.6 Å². The maximum absolute atomic E-state index is 12.3. The second-order valence-corrected chi connectivity index (χ2v) is 5.10. The van der Waals surface area contributed by atoms with Crippen LogP contribution in [-0.2, 0) is 13.0 Å². The van der Waals surface area contributed by atoms with Gasteiger partial charge in [0, 0.05) is 11.6 Å². The molecule has 24 heavy (non-hydrogen) atoms. The molecule has 0 fully saturated rings. The third kappa shape index (κ3) is 3.01. The fourth-order valence-corrected chi connectivity index (χ4v) is 2.44. The maximum atomic E-state index is 12.3. The van der Waals surface area contributed by atoms with E-state index in [1.807, 2.05) is 31.2 Å². The summed E-state index contributed by atoms with van der Waals surface area (Å²) in [6.07, 6.45) is 0.522. The Labute approximate surface area is 136 Å². The first kappa shape index (κ1) is 15.8. The highest BCUT2D eigenvalue weighted by molar-refractivity contribution is 5.75. The zero-order chi connectivity index (χ0) is 17.1.